The molecule has 2 saturated heterocycles. The van der Waals surface area contributed by atoms with E-state index in [1.807, 2.05) is 42.5 Å². The first-order valence-electron chi connectivity index (χ1n) is 11.6. The van der Waals surface area contributed by atoms with Gasteiger partial charge in [-0.1, -0.05) is 30.3 Å². The molecule has 0 spiro atoms. The van der Waals surface area contributed by atoms with Crippen LogP contribution in [0.25, 0.3) is 0 Å². The molecule has 10 nitrogen and oxygen atoms in total. The second-order valence-corrected chi connectivity index (χ2v) is 8.78. The Morgan fingerprint density at radius 3 is 2.31 bits per heavy atom. The van der Waals surface area contributed by atoms with Crippen LogP contribution in [-0.4, -0.2) is 97.5 Å². The van der Waals surface area contributed by atoms with Crippen LogP contribution in [0.15, 0.2) is 59.6 Å². The number of anilines is 1. The molecule has 0 aliphatic carbocycles. The molecule has 0 saturated carbocycles. The molecule has 0 bridgehead atoms. The summed E-state index contributed by atoms with van der Waals surface area (Å²) in [5, 5.41) is 2.39. The van der Waals surface area contributed by atoms with Crippen LogP contribution in [0.2, 0.25) is 0 Å². The van der Waals surface area contributed by atoms with Gasteiger partial charge in [0.15, 0.2) is 24.0 Å². The highest BCUT2D eigenvalue weighted by atomic mass is 16.5. The molecule has 0 radical (unpaired) electrons. The van der Waals surface area contributed by atoms with Gasteiger partial charge in [0.25, 0.3) is 5.91 Å². The van der Waals surface area contributed by atoms with Crippen molar-refractivity contribution in [2.75, 3.05) is 51.8 Å². The van der Waals surface area contributed by atoms with Crippen molar-refractivity contribution >= 4 is 29.4 Å². The first kappa shape index (κ1) is 22.7. The number of nitrogens with zero attached hydrogens (tertiary/aromatic N) is 5. The molecule has 3 heterocycles. The van der Waals surface area contributed by atoms with Crippen LogP contribution in [0.5, 0.6) is 5.75 Å². The van der Waals surface area contributed by atoms with Gasteiger partial charge < -0.3 is 24.3 Å². The number of nitrogens with one attached hydrogen (secondary N) is 1. The molecular weight excluding hydrogens is 448 g/mol. The molecule has 2 atom stereocenters. The number of likely N-dealkylation sites (N-methyl/N-ethyl adjacent to an activating group) is 1. The minimum absolute atomic E-state index is 0.00183. The van der Waals surface area contributed by atoms with E-state index in [0.29, 0.717) is 24.6 Å². The summed E-state index contributed by atoms with van der Waals surface area (Å²) in [6, 6.07) is 15.7. The zero-order valence-corrected chi connectivity index (χ0v) is 19.8. The maximum atomic E-state index is 13.1. The molecule has 0 aromatic heterocycles. The van der Waals surface area contributed by atoms with E-state index >= 15 is 0 Å². The molecule has 10 heteroatoms. The van der Waals surface area contributed by atoms with Crippen molar-refractivity contribution in [2.45, 2.75) is 12.2 Å². The number of guanidine groups is 1. The summed E-state index contributed by atoms with van der Waals surface area (Å²) >= 11 is 0. The predicted octanol–water partition coefficient (Wildman–Crippen LogP) is 1.25. The van der Waals surface area contributed by atoms with Gasteiger partial charge in [-0.05, 0) is 24.3 Å². The van der Waals surface area contributed by atoms with E-state index in [2.05, 4.69) is 15.1 Å². The Morgan fingerprint density at radius 1 is 1.00 bits per heavy atom. The van der Waals surface area contributed by atoms with Crippen molar-refractivity contribution in [1.29, 1.82) is 0 Å². The molecule has 2 fully saturated rings. The fourth-order valence-electron chi connectivity index (χ4n) is 4.77. The molecule has 35 heavy (non-hydrogen) atoms. The Balaban J connectivity index is 1.36. The van der Waals surface area contributed by atoms with Crippen LogP contribution in [-0.2, 0) is 4.79 Å². The van der Waals surface area contributed by atoms with Crippen molar-refractivity contribution in [1.82, 2.24) is 20.0 Å². The topological polar surface area (TPSA) is 97.8 Å². The van der Waals surface area contributed by atoms with E-state index in [-0.39, 0.29) is 12.3 Å². The SMILES string of the molecule is COc1ccc(N2CCN(C3=NC4C(C(=O)NC(=O)N4C)N3CC(=O)c3ccccc3)CC2)cc1. The Bertz CT molecular complexity index is 1140. The smallest absolute Gasteiger partial charge is 0.325 e. The number of amides is 3. The zero-order chi connectivity index (χ0) is 24.5. The molecule has 5 rings (SSSR count). The number of carbonyl (C=O) groups is 3. The maximum absolute atomic E-state index is 13.1. The second kappa shape index (κ2) is 9.28. The number of Topliss-reactive ketones (excluding diaryl/α,β-unsaturated/α-hetero) is 1. The fraction of sp³-hybridized carbons (Fsp3) is 0.360. The van der Waals surface area contributed by atoms with Gasteiger partial charge in [-0.25, -0.2) is 9.79 Å². The molecule has 3 aliphatic rings. The van der Waals surface area contributed by atoms with Crippen molar-refractivity contribution in [3.8, 4) is 5.75 Å². The van der Waals surface area contributed by atoms with Gasteiger partial charge in [0.2, 0.25) is 0 Å². The third-order valence-corrected chi connectivity index (χ3v) is 6.75. The van der Waals surface area contributed by atoms with Gasteiger partial charge in [-0.2, -0.15) is 0 Å². The highest BCUT2D eigenvalue weighted by Gasteiger charge is 2.50. The third kappa shape index (κ3) is 4.27. The van der Waals surface area contributed by atoms with Crippen LogP contribution in [0.1, 0.15) is 10.4 Å². The predicted molar refractivity (Wildman–Crippen MR) is 131 cm³/mol. The van der Waals surface area contributed by atoms with E-state index in [9.17, 15) is 14.4 Å². The number of urea groups is 1. The summed E-state index contributed by atoms with van der Waals surface area (Å²) in [5.74, 6) is 0.846. The van der Waals surface area contributed by atoms with Crippen molar-refractivity contribution in [2.24, 2.45) is 4.99 Å². The van der Waals surface area contributed by atoms with E-state index in [1.165, 1.54) is 4.90 Å². The first-order chi connectivity index (χ1) is 17.0. The number of hydrogen-bond donors (Lipinski definition) is 1. The number of ketones is 1. The molecule has 1 N–H and O–H groups in total. The quantitative estimate of drug-likeness (QED) is 0.649. The minimum atomic E-state index is -0.750. The molecular formula is C25H28N6O4. The molecule has 2 aromatic rings. The lowest BCUT2D eigenvalue weighted by Gasteiger charge is -2.40. The van der Waals surface area contributed by atoms with Gasteiger partial charge >= 0.3 is 6.03 Å². The largest absolute Gasteiger partial charge is 0.497 e. The van der Waals surface area contributed by atoms with Gasteiger partial charge in [0.1, 0.15) is 5.75 Å². The zero-order valence-electron chi connectivity index (χ0n) is 19.8. The molecule has 182 valence electrons. The number of fused-ring (bicyclic) bond motifs is 1. The molecule has 3 amide bonds. The normalized spacial score (nSPS) is 22.1. The van der Waals surface area contributed by atoms with Crippen molar-refractivity contribution < 1.29 is 19.1 Å². The molecule has 2 unspecified atom stereocenters. The molecule has 3 aliphatic heterocycles. The van der Waals surface area contributed by atoms with E-state index < -0.39 is 24.1 Å². The summed E-state index contributed by atoms with van der Waals surface area (Å²) in [4.78, 5) is 50.5. The van der Waals surface area contributed by atoms with Crippen LogP contribution in [0.4, 0.5) is 10.5 Å². The Morgan fingerprint density at radius 2 is 1.66 bits per heavy atom. The lowest BCUT2D eigenvalue weighted by Crippen LogP contribution is -2.65. The molecule has 2 aromatic carbocycles. The highest BCUT2D eigenvalue weighted by molar-refractivity contribution is 6.06. The Labute approximate surface area is 203 Å². The number of aliphatic imine (C=N–C) groups is 1. The van der Waals surface area contributed by atoms with Crippen LogP contribution < -0.4 is 15.0 Å². The summed E-state index contributed by atoms with van der Waals surface area (Å²) in [7, 11) is 3.26. The van der Waals surface area contributed by atoms with Gasteiger partial charge in [-0.3, -0.25) is 14.9 Å². The first-order valence-corrected chi connectivity index (χ1v) is 11.6. The number of methoxy groups -OCH3 is 1. The van der Waals surface area contributed by atoms with E-state index in [1.54, 1.807) is 31.2 Å². The lowest BCUT2D eigenvalue weighted by molar-refractivity contribution is -0.127. The average Bonchev–Trinajstić information content (AvgIpc) is 3.28. The van der Waals surface area contributed by atoms with Gasteiger partial charge in [-0.15, -0.1) is 0 Å². The van der Waals surface area contributed by atoms with Crippen LogP contribution in [0.3, 0.4) is 0 Å². The second-order valence-electron chi connectivity index (χ2n) is 8.78. The Hall–Kier alpha value is -4.08. The number of carbonyl (C=O) groups excluding carboxylic acids is 3. The van der Waals surface area contributed by atoms with Gasteiger partial charge in [0, 0.05) is 44.5 Å². The van der Waals surface area contributed by atoms with Crippen LogP contribution >= 0.6 is 0 Å². The minimum Gasteiger partial charge on any atom is -0.497 e. The van der Waals surface area contributed by atoms with Crippen molar-refractivity contribution in [3.05, 3.63) is 60.2 Å². The average molecular weight is 477 g/mol. The maximum Gasteiger partial charge on any atom is 0.325 e. The number of imide groups is 1. The number of ether oxygens (including phenoxy) is 1. The number of piperazine rings is 1. The summed E-state index contributed by atoms with van der Waals surface area (Å²) in [6.45, 7) is 2.83. The summed E-state index contributed by atoms with van der Waals surface area (Å²) in [6.07, 6.45) is -0.672. The number of rotatable bonds is 5. The number of benzene rings is 2. The highest BCUT2D eigenvalue weighted by Crippen LogP contribution is 2.27. The Kier molecular flexibility index (Phi) is 6.02. The fourth-order valence-corrected chi connectivity index (χ4v) is 4.77. The van der Waals surface area contributed by atoms with E-state index in [4.69, 9.17) is 9.73 Å². The summed E-state index contributed by atoms with van der Waals surface area (Å²) in [5.41, 5.74) is 1.67. The van der Waals surface area contributed by atoms with Crippen LogP contribution in [0, 0.1) is 0 Å². The summed E-state index contributed by atoms with van der Waals surface area (Å²) < 4.78 is 5.25. The monoisotopic (exact) mass is 476 g/mol. The van der Waals surface area contributed by atoms with Gasteiger partial charge in [0.05, 0.1) is 13.7 Å². The lowest BCUT2D eigenvalue weighted by atomic mass is 10.1. The standard InChI is InChI=1S/C25H28N6O4/c1-28-22-21(23(33)27-25(28)34)31(16-20(32)17-6-4-3-5-7-17)24(26-22)30-14-12-29(13-15-30)18-8-10-19(35-2)11-9-18/h3-11,21-22H,12-16H2,1-2H3,(H,27,33,34). The third-order valence-electron chi connectivity index (χ3n) is 6.75. The number of hydrogen-bond acceptors (Lipinski definition) is 8. The van der Waals surface area contributed by atoms with E-state index in [0.717, 1.165) is 24.5 Å². The van der Waals surface area contributed by atoms with Crippen molar-refractivity contribution in [3.63, 3.8) is 0 Å².